The summed E-state index contributed by atoms with van der Waals surface area (Å²) in [6.45, 7) is 9.99. The second-order valence-electron chi connectivity index (χ2n) is 3.89. The Morgan fingerprint density at radius 1 is 1.58 bits per heavy atom. The van der Waals surface area contributed by atoms with Gasteiger partial charge < -0.3 is 0 Å². The monoisotopic (exact) mass is 165 g/mol. The second kappa shape index (κ2) is 3.88. The molecule has 0 N–H and O–H groups in total. The quantitative estimate of drug-likeness (QED) is 0.596. The first-order valence-corrected chi connectivity index (χ1v) is 4.87. The van der Waals surface area contributed by atoms with Crippen LogP contribution in [0.4, 0.5) is 0 Å². The van der Waals surface area contributed by atoms with Crippen molar-refractivity contribution in [1.82, 2.24) is 0 Å². The topological polar surface area (TPSA) is 12.4 Å². The van der Waals surface area contributed by atoms with Gasteiger partial charge in [-0.2, -0.15) is 0 Å². The van der Waals surface area contributed by atoms with Crippen LogP contribution >= 0.6 is 0 Å². The first-order valence-electron chi connectivity index (χ1n) is 4.87. The molecule has 1 aliphatic heterocycles. The van der Waals surface area contributed by atoms with Crippen molar-refractivity contribution in [2.75, 3.05) is 6.54 Å². The van der Waals surface area contributed by atoms with E-state index >= 15 is 0 Å². The van der Waals surface area contributed by atoms with Crippen molar-refractivity contribution in [2.24, 2.45) is 16.8 Å². The Balaban J connectivity index is 2.90. The van der Waals surface area contributed by atoms with Crippen LogP contribution < -0.4 is 0 Å². The van der Waals surface area contributed by atoms with Crippen LogP contribution in [0, 0.1) is 11.8 Å². The van der Waals surface area contributed by atoms with Crippen LogP contribution in [-0.2, 0) is 0 Å². The summed E-state index contributed by atoms with van der Waals surface area (Å²) < 4.78 is 0. The van der Waals surface area contributed by atoms with Crippen molar-refractivity contribution in [3.05, 3.63) is 11.1 Å². The third-order valence-corrected chi connectivity index (χ3v) is 2.62. The average Bonchev–Trinajstić information content (AvgIpc) is 2.03. The van der Waals surface area contributed by atoms with Gasteiger partial charge in [0, 0.05) is 12.8 Å². The lowest BCUT2D eigenvalue weighted by molar-refractivity contribution is 0.527. The molecule has 0 radical (unpaired) electrons. The van der Waals surface area contributed by atoms with E-state index in [2.05, 4.69) is 32.7 Å². The Kier molecular flexibility index (Phi) is 3.07. The van der Waals surface area contributed by atoms with Crippen molar-refractivity contribution in [3.63, 3.8) is 0 Å². The van der Waals surface area contributed by atoms with Gasteiger partial charge in [0.2, 0.25) is 0 Å². The lowest BCUT2D eigenvalue weighted by Gasteiger charge is -2.25. The summed E-state index contributed by atoms with van der Waals surface area (Å²) in [6.07, 6.45) is 3.25. The molecule has 68 valence electrons. The van der Waals surface area contributed by atoms with Gasteiger partial charge in [-0.05, 0) is 30.8 Å². The van der Waals surface area contributed by atoms with Gasteiger partial charge in [0.25, 0.3) is 0 Å². The number of dihydropyridines is 1. The maximum Gasteiger partial charge on any atom is 0.0455 e. The molecule has 0 aliphatic carbocycles. The van der Waals surface area contributed by atoms with E-state index < -0.39 is 0 Å². The molecule has 1 atom stereocenters. The van der Waals surface area contributed by atoms with Gasteiger partial charge in [-0.3, -0.25) is 4.99 Å². The first kappa shape index (κ1) is 9.50. The van der Waals surface area contributed by atoms with Crippen LogP contribution in [0.15, 0.2) is 16.1 Å². The molecule has 0 fully saturated rings. The van der Waals surface area contributed by atoms with E-state index in [0.29, 0.717) is 11.8 Å². The Morgan fingerprint density at radius 2 is 2.25 bits per heavy atom. The number of hydrogen-bond acceptors (Lipinski definition) is 1. The fraction of sp³-hybridized carbons (Fsp3) is 0.727. The van der Waals surface area contributed by atoms with Gasteiger partial charge in [-0.15, -0.1) is 0 Å². The minimum atomic E-state index is 0.682. The molecular formula is C11H19N. The van der Waals surface area contributed by atoms with E-state index in [9.17, 15) is 0 Å². The fourth-order valence-electron chi connectivity index (χ4n) is 2.09. The zero-order valence-electron chi connectivity index (χ0n) is 8.59. The van der Waals surface area contributed by atoms with E-state index in [4.69, 9.17) is 0 Å². The average molecular weight is 165 g/mol. The summed E-state index contributed by atoms with van der Waals surface area (Å²) in [5.74, 6) is 1.39. The molecule has 0 aromatic carbocycles. The highest BCUT2D eigenvalue weighted by atomic mass is 14.7. The molecule has 12 heavy (non-hydrogen) atoms. The zero-order chi connectivity index (χ0) is 9.14. The molecule has 0 amide bonds. The second-order valence-corrected chi connectivity index (χ2v) is 3.89. The Morgan fingerprint density at radius 3 is 2.67 bits per heavy atom. The Labute approximate surface area is 75.6 Å². The molecule has 0 saturated heterocycles. The van der Waals surface area contributed by atoms with Crippen LogP contribution in [0.25, 0.3) is 0 Å². The van der Waals surface area contributed by atoms with Crippen LogP contribution in [-0.4, -0.2) is 12.8 Å². The van der Waals surface area contributed by atoms with Crippen molar-refractivity contribution in [3.8, 4) is 0 Å². The molecule has 0 bridgehead atoms. The van der Waals surface area contributed by atoms with E-state index in [1.165, 1.54) is 12.0 Å². The molecule has 1 heteroatoms. The van der Waals surface area contributed by atoms with Crippen LogP contribution in [0.3, 0.4) is 0 Å². The molecule has 1 rings (SSSR count). The largest absolute Gasteiger partial charge is 0.292 e. The SMILES string of the molecule is CCC1CN=CC(C)=C1C(C)C. The summed E-state index contributed by atoms with van der Waals surface area (Å²) in [6, 6.07) is 0. The maximum atomic E-state index is 4.36. The van der Waals surface area contributed by atoms with Crippen molar-refractivity contribution >= 4 is 6.21 Å². The molecular weight excluding hydrogens is 146 g/mol. The molecule has 0 saturated carbocycles. The standard InChI is InChI=1S/C11H19N/c1-5-10-7-12-6-9(4)11(10)8(2)3/h6,8,10H,5,7H2,1-4H3. The van der Waals surface area contributed by atoms with E-state index in [-0.39, 0.29) is 0 Å². The number of aliphatic imine (C=N–C) groups is 1. The molecule has 1 unspecified atom stereocenters. The van der Waals surface area contributed by atoms with E-state index in [1.54, 1.807) is 5.57 Å². The maximum absolute atomic E-state index is 4.36. The molecule has 0 aromatic rings. The Hall–Kier alpha value is -0.590. The van der Waals surface area contributed by atoms with Crippen molar-refractivity contribution in [1.29, 1.82) is 0 Å². The summed E-state index contributed by atoms with van der Waals surface area (Å²) in [5.41, 5.74) is 3.01. The predicted molar refractivity (Wildman–Crippen MR) is 54.7 cm³/mol. The van der Waals surface area contributed by atoms with Crippen LogP contribution in [0.1, 0.15) is 34.1 Å². The number of allylic oxidation sites excluding steroid dienone is 1. The summed E-state index contributed by atoms with van der Waals surface area (Å²) in [4.78, 5) is 4.36. The third-order valence-electron chi connectivity index (χ3n) is 2.62. The fourth-order valence-corrected chi connectivity index (χ4v) is 2.09. The highest BCUT2D eigenvalue weighted by Gasteiger charge is 2.19. The third kappa shape index (κ3) is 1.77. The lowest BCUT2D eigenvalue weighted by Crippen LogP contribution is -2.17. The van der Waals surface area contributed by atoms with Crippen molar-refractivity contribution < 1.29 is 0 Å². The lowest BCUT2D eigenvalue weighted by atomic mass is 9.83. The first-order chi connectivity index (χ1) is 5.66. The van der Waals surface area contributed by atoms with Crippen LogP contribution in [0.5, 0.6) is 0 Å². The highest BCUT2D eigenvalue weighted by molar-refractivity contribution is 5.80. The van der Waals surface area contributed by atoms with Crippen molar-refractivity contribution in [2.45, 2.75) is 34.1 Å². The van der Waals surface area contributed by atoms with Gasteiger partial charge in [0.1, 0.15) is 0 Å². The zero-order valence-corrected chi connectivity index (χ0v) is 8.59. The minimum absolute atomic E-state index is 0.682. The number of hydrogen-bond donors (Lipinski definition) is 0. The van der Waals surface area contributed by atoms with Gasteiger partial charge in [0.05, 0.1) is 0 Å². The Bertz CT molecular complexity index is 211. The minimum Gasteiger partial charge on any atom is -0.292 e. The predicted octanol–water partition coefficient (Wildman–Crippen LogP) is 3.07. The van der Waals surface area contributed by atoms with Gasteiger partial charge in [-0.1, -0.05) is 26.3 Å². The van der Waals surface area contributed by atoms with Crippen LogP contribution in [0.2, 0.25) is 0 Å². The smallest absolute Gasteiger partial charge is 0.0455 e. The van der Waals surface area contributed by atoms with Gasteiger partial charge >= 0.3 is 0 Å². The molecule has 0 aromatic heterocycles. The number of rotatable bonds is 2. The van der Waals surface area contributed by atoms with Gasteiger partial charge in [0.15, 0.2) is 0 Å². The van der Waals surface area contributed by atoms with E-state index in [0.717, 1.165) is 6.54 Å². The molecule has 0 spiro atoms. The summed E-state index contributed by atoms with van der Waals surface area (Å²) >= 11 is 0. The van der Waals surface area contributed by atoms with Gasteiger partial charge in [-0.25, -0.2) is 0 Å². The molecule has 1 aliphatic rings. The summed E-state index contributed by atoms with van der Waals surface area (Å²) in [7, 11) is 0. The highest BCUT2D eigenvalue weighted by Crippen LogP contribution is 2.28. The normalized spacial score (nSPS) is 23.9. The number of nitrogens with zero attached hydrogens (tertiary/aromatic N) is 1. The molecule has 1 nitrogen and oxygen atoms in total. The molecule has 1 heterocycles. The van der Waals surface area contributed by atoms with E-state index in [1.807, 2.05) is 6.21 Å². The summed E-state index contributed by atoms with van der Waals surface area (Å²) in [5, 5.41) is 0.